The summed E-state index contributed by atoms with van der Waals surface area (Å²) in [6.45, 7) is 11.2. The molecule has 0 aromatic rings. The average Bonchev–Trinajstić information content (AvgIpc) is 2.20. The third kappa shape index (κ3) is 2.87. The van der Waals surface area contributed by atoms with Crippen LogP contribution in [0.15, 0.2) is 41.1 Å². The molecule has 0 aromatic heterocycles. The van der Waals surface area contributed by atoms with Gasteiger partial charge in [-0.05, 0) is 25.1 Å². The highest BCUT2D eigenvalue weighted by atomic mass is 14.7. The van der Waals surface area contributed by atoms with Gasteiger partial charge in [-0.3, -0.25) is 4.99 Å². The first-order valence-electron chi connectivity index (χ1n) is 4.38. The van der Waals surface area contributed by atoms with Crippen LogP contribution in [0, 0.1) is 0 Å². The Kier molecular flexibility index (Phi) is 5.98. The number of rotatable bonds is 2. The molecule has 0 radical (unpaired) electrons. The van der Waals surface area contributed by atoms with Crippen molar-refractivity contribution in [3.8, 4) is 0 Å². The lowest BCUT2D eigenvalue weighted by atomic mass is 10.0. The van der Waals surface area contributed by atoms with E-state index in [2.05, 4.69) is 30.4 Å². The summed E-state index contributed by atoms with van der Waals surface area (Å²) in [5, 5.41) is 0. The number of hydrogen-bond acceptors (Lipinski definition) is 1. The SMILES string of the molecule is C=CC1=CCCC=C1N=C.CC. The van der Waals surface area contributed by atoms with Gasteiger partial charge in [0, 0.05) is 0 Å². The van der Waals surface area contributed by atoms with E-state index in [1.54, 1.807) is 0 Å². The van der Waals surface area contributed by atoms with Gasteiger partial charge in [0.05, 0.1) is 5.70 Å². The van der Waals surface area contributed by atoms with Crippen molar-refractivity contribution in [1.29, 1.82) is 0 Å². The van der Waals surface area contributed by atoms with Crippen LogP contribution >= 0.6 is 0 Å². The van der Waals surface area contributed by atoms with Gasteiger partial charge in [0.2, 0.25) is 0 Å². The van der Waals surface area contributed by atoms with Gasteiger partial charge in [-0.2, -0.15) is 0 Å². The van der Waals surface area contributed by atoms with Crippen molar-refractivity contribution in [2.24, 2.45) is 4.99 Å². The molecule has 1 aliphatic rings. The van der Waals surface area contributed by atoms with E-state index in [0.29, 0.717) is 0 Å². The Labute approximate surface area is 75.2 Å². The minimum atomic E-state index is 0.973. The summed E-state index contributed by atoms with van der Waals surface area (Å²) in [6, 6.07) is 0. The molecule has 0 aliphatic heterocycles. The largest absolute Gasteiger partial charge is 0.264 e. The molecule has 1 aliphatic carbocycles. The second-order valence-corrected chi connectivity index (χ2v) is 2.19. The smallest absolute Gasteiger partial charge is 0.0651 e. The van der Waals surface area contributed by atoms with E-state index >= 15 is 0 Å². The standard InChI is InChI=1S/C9H11N.C2H6/c1-3-8-6-4-5-7-9(8)10-2;1-2/h3,6-7H,1-2,4-5H2;1-2H3. The van der Waals surface area contributed by atoms with Gasteiger partial charge in [-0.1, -0.05) is 38.7 Å². The van der Waals surface area contributed by atoms with Crippen LogP contribution in [0.2, 0.25) is 0 Å². The Hall–Kier alpha value is -1.11. The van der Waals surface area contributed by atoms with Crippen molar-refractivity contribution in [2.75, 3.05) is 0 Å². The molecule has 1 rings (SSSR count). The molecule has 0 fully saturated rings. The maximum Gasteiger partial charge on any atom is 0.0651 e. The molecular formula is C11H17N. The van der Waals surface area contributed by atoms with Crippen molar-refractivity contribution in [3.05, 3.63) is 36.1 Å². The molecule has 0 atom stereocenters. The van der Waals surface area contributed by atoms with E-state index < -0.39 is 0 Å². The van der Waals surface area contributed by atoms with Crippen LogP contribution in [-0.4, -0.2) is 6.72 Å². The van der Waals surface area contributed by atoms with Gasteiger partial charge in [0.15, 0.2) is 0 Å². The van der Waals surface area contributed by atoms with Gasteiger partial charge in [0.1, 0.15) is 0 Å². The van der Waals surface area contributed by atoms with Gasteiger partial charge in [-0.15, -0.1) is 0 Å². The minimum absolute atomic E-state index is 0.973. The first kappa shape index (κ1) is 10.9. The van der Waals surface area contributed by atoms with Gasteiger partial charge >= 0.3 is 0 Å². The van der Waals surface area contributed by atoms with Gasteiger partial charge in [0.25, 0.3) is 0 Å². The highest BCUT2D eigenvalue weighted by Crippen LogP contribution is 2.19. The molecule has 0 spiro atoms. The van der Waals surface area contributed by atoms with Crippen molar-refractivity contribution < 1.29 is 0 Å². The van der Waals surface area contributed by atoms with Gasteiger partial charge < -0.3 is 0 Å². The molecule has 0 saturated heterocycles. The van der Waals surface area contributed by atoms with Crippen molar-refractivity contribution in [2.45, 2.75) is 26.7 Å². The molecule has 1 nitrogen and oxygen atoms in total. The van der Waals surface area contributed by atoms with E-state index in [4.69, 9.17) is 0 Å². The van der Waals surface area contributed by atoms with Crippen LogP contribution in [0.3, 0.4) is 0 Å². The Morgan fingerprint density at radius 3 is 2.33 bits per heavy atom. The number of nitrogens with zero attached hydrogens (tertiary/aromatic N) is 1. The zero-order valence-electron chi connectivity index (χ0n) is 8.01. The second kappa shape index (κ2) is 6.59. The molecular weight excluding hydrogens is 146 g/mol. The minimum Gasteiger partial charge on any atom is -0.264 e. The summed E-state index contributed by atoms with van der Waals surface area (Å²) in [6.07, 6.45) is 8.22. The van der Waals surface area contributed by atoms with Crippen molar-refractivity contribution in [1.82, 2.24) is 0 Å². The normalized spacial score (nSPS) is 14.8. The maximum absolute atomic E-state index is 3.87. The van der Waals surface area contributed by atoms with Crippen LogP contribution in [0.25, 0.3) is 0 Å². The first-order chi connectivity index (χ1) is 5.88. The fraction of sp³-hybridized carbons (Fsp3) is 0.364. The highest BCUT2D eigenvalue weighted by Gasteiger charge is 2.01. The van der Waals surface area contributed by atoms with Crippen LogP contribution in [-0.2, 0) is 0 Å². The number of aliphatic imine (C=N–C) groups is 1. The molecule has 12 heavy (non-hydrogen) atoms. The molecule has 0 saturated carbocycles. The summed E-state index contributed by atoms with van der Waals surface area (Å²) in [7, 11) is 0. The molecule has 0 unspecified atom stereocenters. The molecule has 1 heteroatoms. The number of hydrogen-bond donors (Lipinski definition) is 0. The second-order valence-electron chi connectivity index (χ2n) is 2.19. The summed E-state index contributed by atoms with van der Waals surface area (Å²) in [4.78, 5) is 3.87. The van der Waals surface area contributed by atoms with E-state index in [-0.39, 0.29) is 0 Å². The van der Waals surface area contributed by atoms with E-state index in [1.165, 1.54) is 0 Å². The molecule has 0 amide bonds. The topological polar surface area (TPSA) is 12.4 Å². The quantitative estimate of drug-likeness (QED) is 0.552. The Bertz CT molecular complexity index is 185. The van der Waals surface area contributed by atoms with E-state index in [9.17, 15) is 0 Å². The lowest BCUT2D eigenvalue weighted by Crippen LogP contribution is -1.88. The summed E-state index contributed by atoms with van der Waals surface area (Å²) < 4.78 is 0. The third-order valence-electron chi connectivity index (χ3n) is 1.55. The predicted molar refractivity (Wildman–Crippen MR) is 56.5 cm³/mol. The zero-order chi connectivity index (χ0) is 9.40. The zero-order valence-corrected chi connectivity index (χ0v) is 8.01. The van der Waals surface area contributed by atoms with Crippen molar-refractivity contribution in [3.63, 3.8) is 0 Å². The molecule has 66 valence electrons. The number of allylic oxidation sites excluding steroid dienone is 3. The summed E-state index contributed by atoms with van der Waals surface area (Å²) >= 11 is 0. The van der Waals surface area contributed by atoms with E-state index in [0.717, 1.165) is 24.1 Å². The van der Waals surface area contributed by atoms with E-state index in [1.807, 2.05) is 19.9 Å². The summed E-state index contributed by atoms with van der Waals surface area (Å²) in [5.74, 6) is 0. The molecule has 0 N–H and O–H groups in total. The Morgan fingerprint density at radius 2 is 1.92 bits per heavy atom. The van der Waals surface area contributed by atoms with Crippen LogP contribution in [0.4, 0.5) is 0 Å². The monoisotopic (exact) mass is 163 g/mol. The summed E-state index contributed by atoms with van der Waals surface area (Å²) in [5.41, 5.74) is 2.09. The Balaban J connectivity index is 0.000000561. The lowest BCUT2D eigenvalue weighted by molar-refractivity contribution is 0.996. The first-order valence-corrected chi connectivity index (χ1v) is 4.38. The molecule has 0 aromatic carbocycles. The molecule has 0 heterocycles. The third-order valence-corrected chi connectivity index (χ3v) is 1.55. The fourth-order valence-corrected chi connectivity index (χ4v) is 1.03. The lowest BCUT2D eigenvalue weighted by Gasteiger charge is -2.06. The van der Waals surface area contributed by atoms with Crippen LogP contribution < -0.4 is 0 Å². The fourth-order valence-electron chi connectivity index (χ4n) is 1.03. The maximum atomic E-state index is 3.87. The molecule has 0 bridgehead atoms. The van der Waals surface area contributed by atoms with Crippen LogP contribution in [0.1, 0.15) is 26.7 Å². The average molecular weight is 163 g/mol. The van der Waals surface area contributed by atoms with Crippen LogP contribution in [0.5, 0.6) is 0 Å². The predicted octanol–water partition coefficient (Wildman–Crippen LogP) is 3.50. The Morgan fingerprint density at radius 1 is 1.33 bits per heavy atom. The van der Waals surface area contributed by atoms with Crippen molar-refractivity contribution >= 4 is 6.72 Å². The van der Waals surface area contributed by atoms with Gasteiger partial charge in [-0.25, -0.2) is 0 Å². The highest BCUT2D eigenvalue weighted by molar-refractivity contribution is 5.44.